The predicted octanol–water partition coefficient (Wildman–Crippen LogP) is 4.63. The number of aryl methyl sites for hydroxylation is 1. The highest BCUT2D eigenvalue weighted by molar-refractivity contribution is 6.35. The summed E-state index contributed by atoms with van der Waals surface area (Å²) in [5.41, 5.74) is 0.982. The lowest BCUT2D eigenvalue weighted by Crippen LogP contribution is -2.36. The van der Waals surface area contributed by atoms with Crippen molar-refractivity contribution in [2.24, 2.45) is 0 Å². The molecule has 0 aliphatic carbocycles. The van der Waals surface area contributed by atoms with Crippen molar-refractivity contribution in [3.8, 4) is 0 Å². The van der Waals surface area contributed by atoms with E-state index in [1.807, 2.05) is 18.2 Å². The fraction of sp³-hybridized carbons (Fsp3) is 0.438. The van der Waals surface area contributed by atoms with Crippen LogP contribution in [0.3, 0.4) is 0 Å². The molecule has 0 aliphatic heterocycles. The molecule has 108 valence electrons. The molecule has 2 rings (SSSR count). The molecular formula is C16H21Cl2N2+. The molecule has 0 saturated heterocycles. The Bertz CT molecular complexity index is 556. The Balaban J connectivity index is 2.14. The van der Waals surface area contributed by atoms with Gasteiger partial charge in [0, 0.05) is 22.5 Å². The van der Waals surface area contributed by atoms with Crippen LogP contribution in [-0.4, -0.2) is 4.57 Å². The van der Waals surface area contributed by atoms with Gasteiger partial charge < -0.3 is 0 Å². The van der Waals surface area contributed by atoms with E-state index in [0.717, 1.165) is 22.2 Å². The van der Waals surface area contributed by atoms with Gasteiger partial charge in [0.15, 0.2) is 0 Å². The van der Waals surface area contributed by atoms with E-state index in [2.05, 4.69) is 35.4 Å². The van der Waals surface area contributed by atoms with Crippen LogP contribution in [0.5, 0.6) is 0 Å². The van der Waals surface area contributed by atoms with Gasteiger partial charge >= 0.3 is 0 Å². The van der Waals surface area contributed by atoms with E-state index in [0.29, 0.717) is 6.54 Å². The van der Waals surface area contributed by atoms with E-state index in [4.69, 9.17) is 23.2 Å². The van der Waals surface area contributed by atoms with Crippen molar-refractivity contribution in [3.05, 3.63) is 52.0 Å². The van der Waals surface area contributed by atoms with Crippen LogP contribution in [0.2, 0.25) is 10.0 Å². The number of aromatic nitrogens is 2. The van der Waals surface area contributed by atoms with Gasteiger partial charge in [-0.1, -0.05) is 42.6 Å². The summed E-state index contributed by atoms with van der Waals surface area (Å²) in [6.07, 6.45) is 7.97. The number of hydrogen-bond acceptors (Lipinski definition) is 0. The van der Waals surface area contributed by atoms with Crippen molar-refractivity contribution in [1.82, 2.24) is 4.57 Å². The van der Waals surface area contributed by atoms with Crippen molar-refractivity contribution in [3.63, 3.8) is 0 Å². The molecule has 1 aromatic carbocycles. The zero-order valence-electron chi connectivity index (χ0n) is 12.1. The molecule has 0 radical (unpaired) electrons. The van der Waals surface area contributed by atoms with Crippen molar-refractivity contribution >= 4 is 23.2 Å². The molecule has 20 heavy (non-hydrogen) atoms. The van der Waals surface area contributed by atoms with Gasteiger partial charge in [0.05, 0.1) is 6.54 Å². The summed E-state index contributed by atoms with van der Waals surface area (Å²) in [6.45, 7) is 6.15. The molecule has 1 heterocycles. The Morgan fingerprint density at radius 1 is 1.15 bits per heavy atom. The van der Waals surface area contributed by atoms with Crippen LogP contribution < -0.4 is 4.57 Å². The Morgan fingerprint density at radius 3 is 2.50 bits per heavy atom. The molecule has 0 fully saturated rings. The highest BCUT2D eigenvalue weighted by Gasteiger charge is 2.15. The molecule has 0 bridgehead atoms. The van der Waals surface area contributed by atoms with Gasteiger partial charge in [-0.05, 0) is 25.0 Å². The molecule has 4 heteroatoms. The third-order valence-electron chi connectivity index (χ3n) is 3.65. The van der Waals surface area contributed by atoms with Gasteiger partial charge in [0.25, 0.3) is 5.82 Å². The Kier molecular flexibility index (Phi) is 5.50. The second-order valence-electron chi connectivity index (χ2n) is 5.07. The summed E-state index contributed by atoms with van der Waals surface area (Å²) in [5, 5.41) is 1.45. The van der Waals surface area contributed by atoms with Crippen LogP contribution in [0.15, 0.2) is 30.6 Å². The van der Waals surface area contributed by atoms with Gasteiger partial charge in [-0.15, -0.1) is 0 Å². The van der Waals surface area contributed by atoms with Gasteiger partial charge in [-0.3, -0.25) is 0 Å². The Morgan fingerprint density at radius 2 is 1.85 bits per heavy atom. The second-order valence-corrected chi connectivity index (χ2v) is 5.89. The largest absolute Gasteiger partial charge is 0.253 e. The third-order valence-corrected chi connectivity index (χ3v) is 4.36. The van der Waals surface area contributed by atoms with E-state index < -0.39 is 0 Å². The van der Waals surface area contributed by atoms with E-state index in [9.17, 15) is 0 Å². The zero-order valence-corrected chi connectivity index (χ0v) is 13.6. The standard InChI is InChI=1S/C16H21Cl2N2/c1-3-4-5-9-19-10-11-20(13(19)2)12-14-15(17)7-6-8-16(14)18/h6-8,10-11H,3-5,9,12H2,1-2H3/q+1. The van der Waals surface area contributed by atoms with Crippen LogP contribution in [0.1, 0.15) is 37.6 Å². The zero-order chi connectivity index (χ0) is 14.5. The monoisotopic (exact) mass is 311 g/mol. The summed E-state index contributed by atoms with van der Waals surface area (Å²) in [4.78, 5) is 0. The highest BCUT2D eigenvalue weighted by atomic mass is 35.5. The van der Waals surface area contributed by atoms with E-state index in [1.165, 1.54) is 25.1 Å². The molecule has 0 N–H and O–H groups in total. The minimum atomic E-state index is 0.713. The first-order valence-electron chi connectivity index (χ1n) is 7.11. The second kappa shape index (κ2) is 7.14. The number of halogens is 2. The van der Waals surface area contributed by atoms with Crippen LogP contribution in [-0.2, 0) is 13.1 Å². The van der Waals surface area contributed by atoms with Gasteiger partial charge in [-0.25, -0.2) is 9.13 Å². The first-order chi connectivity index (χ1) is 9.63. The maximum absolute atomic E-state index is 6.24. The fourth-order valence-corrected chi connectivity index (χ4v) is 2.85. The summed E-state index contributed by atoms with van der Waals surface area (Å²) in [7, 11) is 0. The number of hydrogen-bond donors (Lipinski definition) is 0. The number of nitrogens with zero attached hydrogens (tertiary/aromatic N) is 2. The number of imidazole rings is 1. The molecule has 0 spiro atoms. The van der Waals surface area contributed by atoms with Gasteiger partial charge in [0.2, 0.25) is 0 Å². The molecule has 0 atom stereocenters. The number of unbranched alkanes of at least 4 members (excludes halogenated alkanes) is 2. The summed E-state index contributed by atoms with van der Waals surface area (Å²) in [6, 6.07) is 5.65. The summed E-state index contributed by atoms with van der Waals surface area (Å²) >= 11 is 12.5. The molecular weight excluding hydrogens is 291 g/mol. The fourth-order valence-electron chi connectivity index (χ4n) is 2.33. The smallest absolute Gasteiger partial charge is 0.234 e. The van der Waals surface area contributed by atoms with E-state index >= 15 is 0 Å². The SMILES string of the molecule is CCCCCn1cc[n+](Cc2c(Cl)cccc2Cl)c1C. The minimum Gasteiger partial charge on any atom is -0.234 e. The first-order valence-corrected chi connectivity index (χ1v) is 7.87. The molecule has 1 aromatic heterocycles. The molecule has 0 unspecified atom stereocenters. The van der Waals surface area contributed by atoms with Crippen LogP contribution >= 0.6 is 23.2 Å². The Hall–Kier alpha value is -0.990. The van der Waals surface area contributed by atoms with E-state index in [1.54, 1.807) is 0 Å². The van der Waals surface area contributed by atoms with Crippen molar-refractivity contribution in [1.29, 1.82) is 0 Å². The molecule has 0 aliphatic rings. The third kappa shape index (κ3) is 3.56. The number of benzene rings is 1. The van der Waals surface area contributed by atoms with Gasteiger partial charge in [-0.2, -0.15) is 0 Å². The lowest BCUT2D eigenvalue weighted by molar-refractivity contribution is -0.693. The Labute approximate surface area is 130 Å². The summed E-state index contributed by atoms with van der Waals surface area (Å²) in [5.74, 6) is 1.23. The molecule has 0 saturated carbocycles. The average Bonchev–Trinajstić information content (AvgIpc) is 2.76. The topological polar surface area (TPSA) is 8.81 Å². The van der Waals surface area contributed by atoms with Crippen molar-refractivity contribution in [2.75, 3.05) is 0 Å². The molecule has 2 nitrogen and oxygen atoms in total. The number of rotatable bonds is 6. The maximum Gasteiger partial charge on any atom is 0.253 e. The molecule has 2 aromatic rings. The van der Waals surface area contributed by atoms with Gasteiger partial charge in [0.1, 0.15) is 18.9 Å². The van der Waals surface area contributed by atoms with Crippen LogP contribution in [0, 0.1) is 6.92 Å². The average molecular weight is 312 g/mol. The quantitative estimate of drug-likeness (QED) is 0.543. The van der Waals surface area contributed by atoms with Crippen LogP contribution in [0.4, 0.5) is 0 Å². The highest BCUT2D eigenvalue weighted by Crippen LogP contribution is 2.23. The van der Waals surface area contributed by atoms with Crippen molar-refractivity contribution < 1.29 is 4.57 Å². The summed E-state index contributed by atoms with van der Waals surface area (Å²) < 4.78 is 4.49. The molecule has 0 amide bonds. The predicted molar refractivity (Wildman–Crippen MR) is 84.5 cm³/mol. The van der Waals surface area contributed by atoms with Crippen molar-refractivity contribution in [2.45, 2.75) is 46.2 Å². The maximum atomic E-state index is 6.24. The first kappa shape index (κ1) is 15.4. The lowest BCUT2D eigenvalue weighted by Gasteiger charge is -2.05. The minimum absolute atomic E-state index is 0.713. The van der Waals surface area contributed by atoms with Crippen LogP contribution in [0.25, 0.3) is 0 Å². The lowest BCUT2D eigenvalue weighted by atomic mass is 10.2. The normalized spacial score (nSPS) is 11.0. The van der Waals surface area contributed by atoms with E-state index in [-0.39, 0.29) is 0 Å².